The van der Waals surface area contributed by atoms with Gasteiger partial charge < -0.3 is 19.9 Å². The van der Waals surface area contributed by atoms with Crippen LogP contribution in [0, 0.1) is 11.3 Å². The Labute approximate surface area is 185 Å². The highest BCUT2D eigenvalue weighted by Crippen LogP contribution is 2.27. The van der Waals surface area contributed by atoms with Gasteiger partial charge in [0.05, 0.1) is 35.7 Å². The summed E-state index contributed by atoms with van der Waals surface area (Å²) in [6, 6.07) is 9.30. The zero-order valence-electron chi connectivity index (χ0n) is 17.4. The SMILES string of the molecule is CO[C@H]1CCCN(c2ccc3nccc(C(=O)NCC(=O)N4CSC[C@H]4C#N)c3c2)C1. The Morgan fingerprint density at radius 1 is 1.39 bits per heavy atom. The molecule has 0 radical (unpaired) electrons. The van der Waals surface area contributed by atoms with Gasteiger partial charge >= 0.3 is 0 Å². The first-order chi connectivity index (χ1) is 15.1. The first kappa shape index (κ1) is 21.4. The average Bonchev–Trinajstić information content (AvgIpc) is 3.30. The van der Waals surface area contributed by atoms with Gasteiger partial charge in [0.2, 0.25) is 5.91 Å². The lowest BCUT2D eigenvalue weighted by molar-refractivity contribution is -0.129. The molecule has 0 spiro atoms. The van der Waals surface area contributed by atoms with Gasteiger partial charge in [-0.15, -0.1) is 11.8 Å². The van der Waals surface area contributed by atoms with Crippen LogP contribution in [0.15, 0.2) is 30.5 Å². The van der Waals surface area contributed by atoms with Gasteiger partial charge in [0, 0.05) is 43.2 Å². The number of hydrogen-bond acceptors (Lipinski definition) is 7. The number of ether oxygens (including phenoxy) is 1. The molecule has 3 heterocycles. The first-order valence-electron chi connectivity index (χ1n) is 10.3. The number of methoxy groups -OCH3 is 1. The van der Waals surface area contributed by atoms with Crippen LogP contribution in [0.3, 0.4) is 0 Å². The van der Waals surface area contributed by atoms with E-state index < -0.39 is 6.04 Å². The summed E-state index contributed by atoms with van der Waals surface area (Å²) < 4.78 is 5.53. The second kappa shape index (κ2) is 9.54. The number of nitrogens with one attached hydrogen (secondary N) is 1. The van der Waals surface area contributed by atoms with Gasteiger partial charge in [0.15, 0.2) is 0 Å². The van der Waals surface area contributed by atoms with Crippen LogP contribution in [0.4, 0.5) is 5.69 Å². The predicted molar refractivity (Wildman–Crippen MR) is 120 cm³/mol. The highest BCUT2D eigenvalue weighted by Gasteiger charge is 2.29. The van der Waals surface area contributed by atoms with Crippen molar-refractivity contribution in [2.75, 3.05) is 43.3 Å². The van der Waals surface area contributed by atoms with E-state index >= 15 is 0 Å². The van der Waals surface area contributed by atoms with Gasteiger partial charge in [0.25, 0.3) is 5.91 Å². The zero-order chi connectivity index (χ0) is 21.8. The third kappa shape index (κ3) is 4.60. The highest BCUT2D eigenvalue weighted by atomic mass is 32.2. The smallest absolute Gasteiger partial charge is 0.252 e. The fourth-order valence-corrected chi connectivity index (χ4v) is 5.15. The lowest BCUT2D eigenvalue weighted by Gasteiger charge is -2.33. The van der Waals surface area contributed by atoms with E-state index in [0.29, 0.717) is 17.2 Å². The molecule has 2 atom stereocenters. The molecule has 2 saturated heterocycles. The number of pyridine rings is 1. The second-order valence-electron chi connectivity index (χ2n) is 7.70. The number of nitriles is 1. The van der Waals surface area contributed by atoms with E-state index in [1.807, 2.05) is 18.2 Å². The normalized spacial score (nSPS) is 21.2. The summed E-state index contributed by atoms with van der Waals surface area (Å²) in [6.07, 6.45) is 3.90. The summed E-state index contributed by atoms with van der Waals surface area (Å²) in [5.74, 6) is 0.510. The van der Waals surface area contributed by atoms with Crippen LogP contribution in [-0.2, 0) is 9.53 Å². The molecule has 1 N–H and O–H groups in total. The van der Waals surface area contributed by atoms with Crippen LogP contribution >= 0.6 is 11.8 Å². The van der Waals surface area contributed by atoms with E-state index in [9.17, 15) is 9.59 Å². The fraction of sp³-hybridized carbons (Fsp3) is 0.455. The standard InChI is InChI=1S/C22H25N5O3S/c1-30-17-3-2-8-26(12-17)15-4-5-20-19(9-15)18(6-7-24-20)22(29)25-11-21(28)27-14-31-13-16(27)10-23/h4-7,9,16-17H,2-3,8,11-14H2,1H3,(H,25,29)/t16-,17+/m1/s1. The third-order valence-corrected chi connectivity index (χ3v) is 6.81. The number of amides is 2. The molecule has 9 heteroatoms. The van der Waals surface area contributed by atoms with Crippen LogP contribution < -0.4 is 10.2 Å². The summed E-state index contributed by atoms with van der Waals surface area (Å²) in [7, 11) is 1.74. The number of carbonyl (C=O) groups excluding carboxylic acids is 2. The van der Waals surface area contributed by atoms with Crippen molar-refractivity contribution in [2.45, 2.75) is 25.0 Å². The van der Waals surface area contributed by atoms with Gasteiger partial charge in [-0.2, -0.15) is 5.26 Å². The Morgan fingerprint density at radius 3 is 3.06 bits per heavy atom. The van der Waals surface area contributed by atoms with Crippen LogP contribution in [-0.4, -0.2) is 72.2 Å². The number of aromatic nitrogens is 1. The van der Waals surface area contributed by atoms with Crippen LogP contribution in [0.25, 0.3) is 10.9 Å². The highest BCUT2D eigenvalue weighted by molar-refractivity contribution is 7.99. The summed E-state index contributed by atoms with van der Waals surface area (Å²) >= 11 is 1.54. The molecule has 2 amide bonds. The monoisotopic (exact) mass is 439 g/mol. The van der Waals surface area contributed by atoms with Gasteiger partial charge in [-0.05, 0) is 37.1 Å². The Kier molecular flexibility index (Phi) is 6.59. The molecule has 2 aliphatic heterocycles. The number of hydrogen-bond donors (Lipinski definition) is 1. The van der Waals surface area contributed by atoms with Crippen molar-refractivity contribution in [3.63, 3.8) is 0 Å². The molecule has 8 nitrogen and oxygen atoms in total. The summed E-state index contributed by atoms with van der Waals surface area (Å²) in [6.45, 7) is 1.62. The van der Waals surface area contributed by atoms with Crippen molar-refractivity contribution >= 4 is 40.2 Å². The molecular formula is C22H25N5O3S. The van der Waals surface area contributed by atoms with E-state index in [2.05, 4.69) is 21.3 Å². The molecule has 2 fully saturated rings. The lowest BCUT2D eigenvalue weighted by atomic mass is 10.0. The minimum absolute atomic E-state index is 0.136. The van der Waals surface area contributed by atoms with Crippen LogP contribution in [0.2, 0.25) is 0 Å². The van der Waals surface area contributed by atoms with Crippen molar-refractivity contribution in [3.8, 4) is 6.07 Å². The average molecular weight is 440 g/mol. The number of anilines is 1. The largest absolute Gasteiger partial charge is 0.380 e. The van der Waals surface area contributed by atoms with E-state index in [1.165, 1.54) is 4.90 Å². The zero-order valence-corrected chi connectivity index (χ0v) is 18.2. The number of piperidine rings is 1. The Hall–Kier alpha value is -2.83. The lowest BCUT2D eigenvalue weighted by Crippen LogP contribution is -2.42. The molecule has 1 aromatic carbocycles. The van der Waals surface area contributed by atoms with Gasteiger partial charge in [0.1, 0.15) is 6.04 Å². The van der Waals surface area contributed by atoms with Gasteiger partial charge in [-0.1, -0.05) is 0 Å². The molecule has 4 rings (SSSR count). The van der Waals surface area contributed by atoms with E-state index in [1.54, 1.807) is 31.1 Å². The minimum atomic E-state index is -0.431. The molecule has 162 valence electrons. The first-order valence-corrected chi connectivity index (χ1v) is 11.5. The van der Waals surface area contributed by atoms with Gasteiger partial charge in [-0.25, -0.2) is 0 Å². The Balaban J connectivity index is 1.51. The molecule has 0 saturated carbocycles. The number of benzene rings is 1. The fourth-order valence-electron chi connectivity index (χ4n) is 4.04. The minimum Gasteiger partial charge on any atom is -0.380 e. The van der Waals surface area contributed by atoms with Gasteiger partial charge in [-0.3, -0.25) is 14.6 Å². The topological polar surface area (TPSA) is 98.6 Å². The maximum absolute atomic E-state index is 12.9. The van der Waals surface area contributed by atoms with Crippen molar-refractivity contribution in [1.82, 2.24) is 15.2 Å². The molecule has 2 aromatic rings. The second-order valence-corrected chi connectivity index (χ2v) is 8.70. The van der Waals surface area contributed by atoms with E-state index in [-0.39, 0.29) is 24.5 Å². The molecule has 0 bridgehead atoms. The van der Waals surface area contributed by atoms with E-state index in [0.717, 1.165) is 42.5 Å². The number of thioether (sulfide) groups is 1. The quantitative estimate of drug-likeness (QED) is 0.761. The van der Waals surface area contributed by atoms with E-state index in [4.69, 9.17) is 10.00 Å². The summed E-state index contributed by atoms with van der Waals surface area (Å²) in [5, 5.41) is 12.6. The van der Waals surface area contributed by atoms with Crippen LogP contribution in [0.5, 0.6) is 0 Å². The molecule has 31 heavy (non-hydrogen) atoms. The van der Waals surface area contributed by atoms with Crippen molar-refractivity contribution in [1.29, 1.82) is 5.26 Å². The Bertz CT molecular complexity index is 1020. The predicted octanol–water partition coefficient (Wildman–Crippen LogP) is 2.00. The molecular weight excluding hydrogens is 414 g/mol. The number of fused-ring (bicyclic) bond motifs is 1. The molecule has 1 aromatic heterocycles. The molecule has 0 unspecified atom stereocenters. The molecule has 0 aliphatic carbocycles. The van der Waals surface area contributed by atoms with Crippen molar-refractivity contribution in [3.05, 3.63) is 36.0 Å². The maximum atomic E-state index is 12.9. The maximum Gasteiger partial charge on any atom is 0.252 e. The summed E-state index contributed by atoms with van der Waals surface area (Å²) in [5.41, 5.74) is 2.23. The van der Waals surface area contributed by atoms with Crippen molar-refractivity contribution in [2.24, 2.45) is 0 Å². The molecule has 2 aliphatic rings. The van der Waals surface area contributed by atoms with Crippen LogP contribution in [0.1, 0.15) is 23.2 Å². The Morgan fingerprint density at radius 2 is 2.26 bits per heavy atom. The number of nitrogens with zero attached hydrogens (tertiary/aromatic N) is 4. The van der Waals surface area contributed by atoms with Crippen molar-refractivity contribution < 1.29 is 14.3 Å². The number of rotatable bonds is 5. The third-order valence-electron chi connectivity index (χ3n) is 5.80. The summed E-state index contributed by atoms with van der Waals surface area (Å²) in [4.78, 5) is 33.5. The number of carbonyl (C=O) groups is 2.